The van der Waals surface area contributed by atoms with Crippen molar-refractivity contribution in [2.24, 2.45) is 0 Å². The van der Waals surface area contributed by atoms with Crippen LogP contribution in [0.3, 0.4) is 0 Å². The third kappa shape index (κ3) is 787. The third-order valence-electron chi connectivity index (χ3n) is 0. The summed E-state index contributed by atoms with van der Waals surface area (Å²) >= 11 is 0. The van der Waals surface area contributed by atoms with Gasteiger partial charge in [-0.15, -0.1) is 0 Å². The van der Waals surface area contributed by atoms with Crippen LogP contribution in [0.2, 0.25) is 0 Å². The van der Waals surface area contributed by atoms with Crippen molar-refractivity contribution in [2.75, 3.05) is 0 Å². The largest absolute Gasteiger partial charge is 0.231 e. The summed E-state index contributed by atoms with van der Waals surface area (Å²) in [4.78, 5) is 16.7. The van der Waals surface area contributed by atoms with E-state index in [1.54, 1.807) is 0 Å². The van der Waals surface area contributed by atoms with Crippen LogP contribution in [0.1, 0.15) is 0 Å². The predicted molar refractivity (Wildman–Crippen MR) is 22.6 cm³/mol. The normalized spacial score (nSPS) is 2.29. The number of hydrogen-bond acceptors (Lipinski definition) is 4. The number of isocyanates is 2. The van der Waals surface area contributed by atoms with E-state index in [4.69, 9.17) is 20.4 Å². The van der Waals surface area contributed by atoms with Gasteiger partial charge in [-0.1, -0.05) is 0 Å². The van der Waals surface area contributed by atoms with Crippen molar-refractivity contribution in [3.05, 3.63) is 0 Å². The standard InChI is InChI=1S/2CHNO.K/c2*2-1-3;/h2*2H;. The SMILES string of the molecule is N=C=O.N=C=O.[K]. The number of nitrogens with one attached hydrogen (secondary N) is 2. The molecule has 0 aromatic carbocycles. The summed E-state index contributed by atoms with van der Waals surface area (Å²) in [6, 6.07) is 0. The summed E-state index contributed by atoms with van der Waals surface area (Å²) in [6.45, 7) is 0. The average Bonchev–Trinajstić information content (AvgIpc) is 1.39. The van der Waals surface area contributed by atoms with Gasteiger partial charge in [0.25, 0.3) is 0 Å². The van der Waals surface area contributed by atoms with Gasteiger partial charge in [-0.25, -0.2) is 20.4 Å². The van der Waals surface area contributed by atoms with Crippen LogP contribution in [0.4, 0.5) is 0 Å². The van der Waals surface area contributed by atoms with E-state index in [0.29, 0.717) is 0 Å². The molecule has 0 aromatic heterocycles. The molecule has 0 atom stereocenters. The van der Waals surface area contributed by atoms with Gasteiger partial charge in [0, 0.05) is 51.4 Å². The van der Waals surface area contributed by atoms with Crippen LogP contribution in [0.5, 0.6) is 0 Å². The Hall–Kier alpha value is 0.396. The van der Waals surface area contributed by atoms with Gasteiger partial charge in [0.2, 0.25) is 12.2 Å². The van der Waals surface area contributed by atoms with Gasteiger partial charge < -0.3 is 0 Å². The first-order valence-electron chi connectivity index (χ1n) is 0.908. The van der Waals surface area contributed by atoms with Crippen molar-refractivity contribution in [1.82, 2.24) is 0 Å². The second-order valence-electron chi connectivity index (χ2n) is 0.204. The summed E-state index contributed by atoms with van der Waals surface area (Å²) in [5.74, 6) is 0. The summed E-state index contributed by atoms with van der Waals surface area (Å²) in [5, 5.41) is 10.8. The molecule has 1 radical (unpaired) electrons. The maximum absolute atomic E-state index is 8.35. The molecular weight excluding hydrogens is 123 g/mol. The molecule has 0 aliphatic rings. The summed E-state index contributed by atoms with van der Waals surface area (Å²) in [6.07, 6.45) is 1.50. The van der Waals surface area contributed by atoms with Gasteiger partial charge in [-0.05, 0) is 0 Å². The van der Waals surface area contributed by atoms with Gasteiger partial charge in [0.05, 0.1) is 0 Å². The Morgan fingerprint density at radius 1 is 1.00 bits per heavy atom. The fourth-order valence-corrected chi connectivity index (χ4v) is 0. The van der Waals surface area contributed by atoms with Crippen LogP contribution in [-0.4, -0.2) is 63.5 Å². The summed E-state index contributed by atoms with van der Waals surface area (Å²) in [5.41, 5.74) is 0. The van der Waals surface area contributed by atoms with Crippen LogP contribution in [0, 0.1) is 10.8 Å². The topological polar surface area (TPSA) is 81.8 Å². The Morgan fingerprint density at radius 3 is 1.00 bits per heavy atom. The Morgan fingerprint density at radius 2 is 1.00 bits per heavy atom. The first-order chi connectivity index (χ1) is 2.83. The summed E-state index contributed by atoms with van der Waals surface area (Å²) < 4.78 is 0. The Labute approximate surface area is 82.7 Å². The molecule has 0 saturated heterocycles. The van der Waals surface area contributed by atoms with Crippen molar-refractivity contribution in [3.63, 3.8) is 0 Å². The molecule has 2 N–H and O–H groups in total. The minimum atomic E-state index is 0. The fraction of sp³-hybridized carbons (Fsp3) is 0. The molecule has 0 bridgehead atoms. The minimum Gasteiger partial charge on any atom is -0.222 e. The van der Waals surface area contributed by atoms with Crippen LogP contribution in [0.25, 0.3) is 0 Å². The van der Waals surface area contributed by atoms with E-state index in [1.165, 1.54) is 0 Å². The molecule has 0 unspecified atom stereocenters. The smallest absolute Gasteiger partial charge is 0.222 e. The predicted octanol–water partition coefficient (Wildman–Crippen LogP) is -0.579. The van der Waals surface area contributed by atoms with Crippen LogP contribution < -0.4 is 0 Å². The van der Waals surface area contributed by atoms with Crippen molar-refractivity contribution in [1.29, 1.82) is 10.8 Å². The first kappa shape index (κ1) is 15.7. The van der Waals surface area contributed by atoms with Gasteiger partial charge in [-0.2, -0.15) is 0 Å². The molecule has 0 amide bonds. The minimum absolute atomic E-state index is 0. The quantitative estimate of drug-likeness (QED) is 0.258. The fourth-order valence-electron chi connectivity index (χ4n) is 0. The second kappa shape index (κ2) is 32.4. The molecule has 5 heteroatoms. The van der Waals surface area contributed by atoms with E-state index < -0.39 is 0 Å². The molecule has 0 saturated carbocycles. The van der Waals surface area contributed by atoms with E-state index in [1.807, 2.05) is 0 Å². The molecule has 4 nitrogen and oxygen atoms in total. The van der Waals surface area contributed by atoms with Crippen molar-refractivity contribution < 1.29 is 9.59 Å². The van der Waals surface area contributed by atoms with Gasteiger partial charge in [-0.3, -0.25) is 0 Å². The second-order valence-corrected chi connectivity index (χ2v) is 0.204. The summed E-state index contributed by atoms with van der Waals surface area (Å²) in [7, 11) is 0. The zero-order valence-corrected chi connectivity index (χ0v) is 6.94. The van der Waals surface area contributed by atoms with E-state index in [2.05, 4.69) is 0 Å². The maximum atomic E-state index is 8.35. The van der Waals surface area contributed by atoms with E-state index in [9.17, 15) is 0 Å². The van der Waals surface area contributed by atoms with Crippen LogP contribution in [-0.2, 0) is 9.59 Å². The molecule has 0 aliphatic heterocycles. The maximum Gasteiger partial charge on any atom is 0.231 e. The average molecular weight is 125 g/mol. The number of hydrogen-bond donors (Lipinski definition) is 2. The molecule has 0 rings (SSSR count). The zero-order chi connectivity index (χ0) is 5.41. The Balaban J connectivity index is -0.0000000400. The first-order valence-corrected chi connectivity index (χ1v) is 0.908. The van der Waals surface area contributed by atoms with Gasteiger partial charge >= 0.3 is 0 Å². The molecule has 0 aliphatic carbocycles. The molecule has 0 heterocycles. The van der Waals surface area contributed by atoms with Crippen molar-refractivity contribution in [3.8, 4) is 0 Å². The third-order valence-corrected chi connectivity index (χ3v) is 0. The Bertz CT molecular complexity index is 67.7. The van der Waals surface area contributed by atoms with Gasteiger partial charge in [0.1, 0.15) is 0 Å². The zero-order valence-electron chi connectivity index (χ0n) is 3.82. The van der Waals surface area contributed by atoms with Crippen molar-refractivity contribution in [2.45, 2.75) is 0 Å². The van der Waals surface area contributed by atoms with E-state index >= 15 is 0 Å². The molecule has 33 valence electrons. The molecule has 0 spiro atoms. The molecule has 7 heavy (non-hydrogen) atoms. The van der Waals surface area contributed by atoms with Crippen LogP contribution in [0.15, 0.2) is 0 Å². The van der Waals surface area contributed by atoms with Crippen LogP contribution >= 0.6 is 0 Å². The Kier molecular flexibility index (Phi) is 72.5. The molecule has 0 aromatic rings. The van der Waals surface area contributed by atoms with E-state index in [0.717, 1.165) is 12.2 Å². The number of rotatable bonds is 0. The number of carbonyl (C=O) groups excluding carboxylic acids is 2. The van der Waals surface area contributed by atoms with Crippen molar-refractivity contribution >= 4 is 63.5 Å². The molecular formula is C2H2KN2O2. The van der Waals surface area contributed by atoms with E-state index in [-0.39, 0.29) is 51.4 Å². The van der Waals surface area contributed by atoms with Gasteiger partial charge in [0.15, 0.2) is 0 Å². The molecule has 0 fully saturated rings. The monoisotopic (exact) mass is 125 g/mol.